The molecular formula is C17H28Si. The molecule has 0 aromatic carbocycles. The van der Waals surface area contributed by atoms with Gasteiger partial charge in [-0.25, -0.2) is 0 Å². The van der Waals surface area contributed by atoms with Gasteiger partial charge in [-0.05, 0) is 30.7 Å². The van der Waals surface area contributed by atoms with E-state index in [2.05, 4.69) is 51.6 Å². The maximum absolute atomic E-state index is 5.70. The molecule has 1 aliphatic carbocycles. The minimum absolute atomic E-state index is 0.389. The molecule has 18 heavy (non-hydrogen) atoms. The molecule has 0 saturated heterocycles. The summed E-state index contributed by atoms with van der Waals surface area (Å²) in [6, 6.07) is 0. The van der Waals surface area contributed by atoms with Crippen molar-refractivity contribution < 1.29 is 0 Å². The van der Waals surface area contributed by atoms with Gasteiger partial charge in [-0.3, -0.25) is 0 Å². The van der Waals surface area contributed by atoms with E-state index in [0.717, 1.165) is 0 Å². The molecule has 0 bridgehead atoms. The first-order valence-electron chi connectivity index (χ1n) is 7.16. The molecule has 0 nitrogen and oxygen atoms in total. The third-order valence-corrected chi connectivity index (χ3v) is 9.46. The largest absolute Gasteiger partial charge is 0.115 e. The van der Waals surface area contributed by atoms with Gasteiger partial charge in [-0.2, -0.15) is 0 Å². The van der Waals surface area contributed by atoms with Crippen LogP contribution in [0, 0.1) is 12.3 Å². The second-order valence-corrected chi connectivity index (χ2v) is 12.3. The van der Waals surface area contributed by atoms with Crippen molar-refractivity contribution in [3.63, 3.8) is 0 Å². The lowest BCUT2D eigenvalue weighted by Crippen LogP contribution is -2.34. The van der Waals surface area contributed by atoms with Crippen LogP contribution in [0.25, 0.3) is 0 Å². The molecule has 0 N–H and O–H groups in total. The van der Waals surface area contributed by atoms with Crippen molar-refractivity contribution in [2.24, 2.45) is 0 Å². The lowest BCUT2D eigenvalue weighted by atomic mass is 9.91. The van der Waals surface area contributed by atoms with Gasteiger partial charge in [-0.15, -0.1) is 6.42 Å². The molecule has 0 aromatic heterocycles. The second-order valence-electron chi connectivity index (χ2n) is 7.03. The van der Waals surface area contributed by atoms with Crippen molar-refractivity contribution >= 4 is 8.07 Å². The molecule has 0 radical (unpaired) electrons. The quantitative estimate of drug-likeness (QED) is 0.455. The third kappa shape index (κ3) is 3.88. The smallest absolute Gasteiger partial charge is 0.0770 e. The van der Waals surface area contributed by atoms with E-state index in [1.54, 1.807) is 0 Å². The van der Waals surface area contributed by atoms with Crippen LogP contribution < -0.4 is 0 Å². The molecule has 1 heteroatoms. The Labute approximate surface area is 115 Å². The first kappa shape index (κ1) is 15.3. The number of allylic oxidation sites excluding steroid dienone is 3. The highest BCUT2D eigenvalue weighted by Crippen LogP contribution is 2.37. The summed E-state index contributed by atoms with van der Waals surface area (Å²) in [4.78, 5) is 0. The van der Waals surface area contributed by atoms with Crippen molar-refractivity contribution in [1.82, 2.24) is 0 Å². The van der Waals surface area contributed by atoms with Gasteiger partial charge in [0.25, 0.3) is 0 Å². The van der Waals surface area contributed by atoms with E-state index in [1.165, 1.54) is 43.3 Å². The van der Waals surface area contributed by atoms with Crippen LogP contribution in [0.2, 0.25) is 18.1 Å². The molecule has 1 rings (SSSR count). The van der Waals surface area contributed by atoms with Crippen molar-refractivity contribution in [3.05, 3.63) is 22.9 Å². The van der Waals surface area contributed by atoms with Gasteiger partial charge in [-0.1, -0.05) is 63.6 Å². The van der Waals surface area contributed by atoms with E-state index in [0.29, 0.717) is 5.04 Å². The normalized spacial score (nSPS) is 17.9. The first-order chi connectivity index (χ1) is 8.28. The highest BCUT2D eigenvalue weighted by Gasteiger charge is 2.32. The standard InChI is InChI=1S/C17H28Si/c1-7-15(16-11-9-8-10-12-16)13-14-18(5,6)17(2,3)4/h1,13-14H,8-12H2,2-6H3/b14-13-. The summed E-state index contributed by atoms with van der Waals surface area (Å²) >= 11 is 0. The Kier molecular flexibility index (Phi) is 5.05. The lowest BCUT2D eigenvalue weighted by molar-refractivity contribution is 0.597. The predicted molar refractivity (Wildman–Crippen MR) is 85.3 cm³/mol. The Morgan fingerprint density at radius 1 is 1.17 bits per heavy atom. The zero-order valence-corrected chi connectivity index (χ0v) is 13.8. The molecule has 0 atom stereocenters. The fourth-order valence-corrected chi connectivity index (χ4v) is 3.14. The van der Waals surface area contributed by atoms with E-state index in [9.17, 15) is 0 Å². The second kappa shape index (κ2) is 5.93. The van der Waals surface area contributed by atoms with E-state index >= 15 is 0 Å². The van der Waals surface area contributed by atoms with Crippen molar-refractivity contribution in [2.45, 2.75) is 71.0 Å². The van der Waals surface area contributed by atoms with Crippen LogP contribution in [0.1, 0.15) is 52.9 Å². The zero-order chi connectivity index (χ0) is 13.8. The highest BCUT2D eigenvalue weighted by molar-refractivity contribution is 6.84. The van der Waals surface area contributed by atoms with Crippen molar-refractivity contribution in [3.8, 4) is 12.3 Å². The summed E-state index contributed by atoms with van der Waals surface area (Å²) in [7, 11) is -1.36. The molecule has 100 valence electrons. The van der Waals surface area contributed by atoms with Gasteiger partial charge in [0.05, 0.1) is 8.07 Å². The third-order valence-electron chi connectivity index (χ3n) is 4.59. The Hall–Kier alpha value is -0.743. The van der Waals surface area contributed by atoms with Gasteiger partial charge in [0, 0.05) is 5.57 Å². The number of hydrogen-bond acceptors (Lipinski definition) is 0. The van der Waals surface area contributed by atoms with Crippen LogP contribution in [0.5, 0.6) is 0 Å². The zero-order valence-electron chi connectivity index (χ0n) is 12.8. The molecule has 0 heterocycles. The monoisotopic (exact) mass is 260 g/mol. The molecule has 0 aromatic rings. The summed E-state index contributed by atoms with van der Waals surface area (Å²) in [6.07, 6.45) is 14.4. The topological polar surface area (TPSA) is 0 Å². The van der Waals surface area contributed by atoms with E-state index in [4.69, 9.17) is 6.42 Å². The fraction of sp³-hybridized carbons (Fsp3) is 0.647. The lowest BCUT2D eigenvalue weighted by Gasteiger charge is -2.34. The van der Waals surface area contributed by atoms with Crippen molar-refractivity contribution in [1.29, 1.82) is 0 Å². The van der Waals surface area contributed by atoms with E-state index in [-0.39, 0.29) is 0 Å². The summed E-state index contributed by atoms with van der Waals surface area (Å²) in [5.41, 5.74) is 5.11. The van der Waals surface area contributed by atoms with Crippen molar-refractivity contribution in [2.75, 3.05) is 0 Å². The number of terminal acetylenes is 1. The number of rotatable bonds is 2. The van der Waals surface area contributed by atoms with Gasteiger partial charge in [0.1, 0.15) is 0 Å². The van der Waals surface area contributed by atoms with Gasteiger partial charge >= 0.3 is 0 Å². The van der Waals surface area contributed by atoms with Crippen LogP contribution in [0.15, 0.2) is 22.9 Å². The van der Waals surface area contributed by atoms with Gasteiger partial charge in [0.15, 0.2) is 0 Å². The van der Waals surface area contributed by atoms with Crippen LogP contribution >= 0.6 is 0 Å². The average molecular weight is 260 g/mol. The maximum atomic E-state index is 5.70. The van der Waals surface area contributed by atoms with Crippen LogP contribution in [0.4, 0.5) is 0 Å². The SMILES string of the molecule is C#CC(/C=C\[Si](C)(C)C(C)(C)C)=C1CCCCC1. The Bertz CT molecular complexity index is 375. The molecule has 1 saturated carbocycles. The molecule has 0 unspecified atom stereocenters. The molecule has 1 aliphatic rings. The summed E-state index contributed by atoms with van der Waals surface area (Å²) < 4.78 is 0. The molecular weight excluding hydrogens is 232 g/mol. The minimum atomic E-state index is -1.36. The fourth-order valence-electron chi connectivity index (χ4n) is 2.06. The van der Waals surface area contributed by atoms with E-state index in [1.807, 2.05) is 0 Å². The Morgan fingerprint density at radius 3 is 2.17 bits per heavy atom. The predicted octanol–water partition coefficient (Wildman–Crippen LogP) is 5.48. The van der Waals surface area contributed by atoms with Crippen LogP contribution in [0.3, 0.4) is 0 Å². The average Bonchev–Trinajstić information content (AvgIpc) is 2.29. The van der Waals surface area contributed by atoms with E-state index < -0.39 is 8.07 Å². The molecule has 0 aliphatic heterocycles. The molecule has 0 amide bonds. The summed E-state index contributed by atoms with van der Waals surface area (Å²) in [5.74, 6) is 2.91. The van der Waals surface area contributed by atoms with Gasteiger partial charge in [0.2, 0.25) is 0 Å². The van der Waals surface area contributed by atoms with Crippen LogP contribution in [-0.2, 0) is 0 Å². The van der Waals surface area contributed by atoms with Crippen LogP contribution in [-0.4, -0.2) is 8.07 Å². The Morgan fingerprint density at radius 2 is 1.72 bits per heavy atom. The first-order valence-corrected chi connectivity index (χ1v) is 10.2. The Balaban J connectivity index is 2.91. The molecule has 1 fully saturated rings. The van der Waals surface area contributed by atoms with Gasteiger partial charge < -0.3 is 0 Å². The summed E-state index contributed by atoms with van der Waals surface area (Å²) in [5, 5.41) is 0.389. The summed E-state index contributed by atoms with van der Waals surface area (Å²) in [6.45, 7) is 11.9. The minimum Gasteiger partial charge on any atom is -0.115 e. The molecule has 0 spiro atoms. The highest BCUT2D eigenvalue weighted by atomic mass is 28.3. The maximum Gasteiger partial charge on any atom is 0.0770 e. The number of hydrogen-bond donors (Lipinski definition) is 0.